The number of carbonyl (C=O) groups is 2. The molecule has 0 radical (unpaired) electrons. The van der Waals surface area contributed by atoms with Crippen LogP contribution in [0.15, 0.2) is 84.0 Å². The molecular weight excluding hydrogens is 396 g/mol. The number of nitrogens with one attached hydrogen (secondary N) is 1. The van der Waals surface area contributed by atoms with Crippen molar-refractivity contribution < 1.29 is 23.8 Å². The molecule has 0 spiro atoms. The number of para-hydroxylation sites is 2. The fourth-order valence-electron chi connectivity index (χ4n) is 2.73. The van der Waals surface area contributed by atoms with E-state index in [0.29, 0.717) is 29.0 Å². The highest BCUT2D eigenvalue weighted by Crippen LogP contribution is 2.18. The van der Waals surface area contributed by atoms with Crippen molar-refractivity contribution in [1.82, 2.24) is 5.43 Å². The monoisotopic (exact) mass is 418 g/mol. The van der Waals surface area contributed by atoms with Crippen LogP contribution in [0.25, 0.3) is 0 Å². The number of ether oxygens (including phenoxy) is 3. The van der Waals surface area contributed by atoms with Crippen LogP contribution in [0.1, 0.15) is 26.3 Å². The molecule has 0 aromatic heterocycles. The van der Waals surface area contributed by atoms with Gasteiger partial charge >= 0.3 is 5.97 Å². The van der Waals surface area contributed by atoms with Crippen LogP contribution in [-0.2, 0) is 4.74 Å². The lowest BCUT2D eigenvalue weighted by Gasteiger charge is -2.11. The van der Waals surface area contributed by atoms with Crippen molar-refractivity contribution in [3.05, 3.63) is 95.6 Å². The van der Waals surface area contributed by atoms with Gasteiger partial charge in [0.1, 0.15) is 24.7 Å². The van der Waals surface area contributed by atoms with Crippen LogP contribution in [0.2, 0.25) is 0 Å². The van der Waals surface area contributed by atoms with E-state index in [4.69, 9.17) is 14.2 Å². The molecule has 0 unspecified atom stereocenters. The topological polar surface area (TPSA) is 86.2 Å². The smallest absolute Gasteiger partial charge is 0.338 e. The summed E-state index contributed by atoms with van der Waals surface area (Å²) >= 11 is 0. The van der Waals surface area contributed by atoms with E-state index < -0.39 is 11.9 Å². The second-order valence-electron chi connectivity index (χ2n) is 6.28. The average molecular weight is 418 g/mol. The Balaban J connectivity index is 1.58. The van der Waals surface area contributed by atoms with E-state index >= 15 is 0 Å². The van der Waals surface area contributed by atoms with Gasteiger partial charge in [0.15, 0.2) is 0 Å². The van der Waals surface area contributed by atoms with E-state index in [1.54, 1.807) is 48.5 Å². The fraction of sp³-hybridized carbons (Fsp3) is 0.125. The third kappa shape index (κ3) is 6.17. The lowest BCUT2D eigenvalue weighted by atomic mass is 10.1. The Hall–Kier alpha value is -4.13. The molecule has 158 valence electrons. The number of amides is 1. The normalized spacial score (nSPS) is 10.5. The SMILES string of the molecule is COC(=O)c1ccccc1/C=N\NC(=O)c1ccccc1OCCOc1ccccc1. The molecule has 0 atom stereocenters. The van der Waals surface area contributed by atoms with E-state index in [1.807, 2.05) is 30.3 Å². The molecule has 0 bridgehead atoms. The number of esters is 1. The quantitative estimate of drug-likeness (QED) is 0.248. The maximum atomic E-state index is 12.6. The van der Waals surface area contributed by atoms with Crippen LogP contribution < -0.4 is 14.9 Å². The minimum atomic E-state index is -0.482. The van der Waals surface area contributed by atoms with Gasteiger partial charge in [0.25, 0.3) is 5.91 Å². The maximum Gasteiger partial charge on any atom is 0.338 e. The zero-order chi connectivity index (χ0) is 21.9. The molecule has 1 amide bonds. The lowest BCUT2D eigenvalue weighted by Crippen LogP contribution is -2.20. The first kappa shape index (κ1) is 21.6. The number of nitrogens with zero attached hydrogens (tertiary/aromatic N) is 1. The van der Waals surface area contributed by atoms with Crippen molar-refractivity contribution >= 4 is 18.1 Å². The second-order valence-corrected chi connectivity index (χ2v) is 6.28. The first-order valence-corrected chi connectivity index (χ1v) is 9.59. The highest BCUT2D eigenvalue weighted by Gasteiger charge is 2.12. The second kappa shape index (κ2) is 11.2. The van der Waals surface area contributed by atoms with Gasteiger partial charge in [-0.3, -0.25) is 4.79 Å². The van der Waals surface area contributed by atoms with Gasteiger partial charge in [-0.05, 0) is 30.3 Å². The Morgan fingerprint density at radius 1 is 0.839 bits per heavy atom. The zero-order valence-electron chi connectivity index (χ0n) is 17.0. The van der Waals surface area contributed by atoms with Gasteiger partial charge in [-0.15, -0.1) is 0 Å². The van der Waals surface area contributed by atoms with Gasteiger partial charge in [-0.1, -0.05) is 48.5 Å². The summed E-state index contributed by atoms with van der Waals surface area (Å²) in [5.74, 6) is 0.247. The molecule has 3 rings (SSSR count). The molecule has 0 aliphatic rings. The summed E-state index contributed by atoms with van der Waals surface area (Å²) in [6.07, 6.45) is 1.39. The third-order valence-electron chi connectivity index (χ3n) is 4.22. The number of hydrazone groups is 1. The molecule has 0 fully saturated rings. The van der Waals surface area contributed by atoms with E-state index in [9.17, 15) is 9.59 Å². The Labute approximate surface area is 180 Å². The molecule has 0 saturated heterocycles. The van der Waals surface area contributed by atoms with Gasteiger partial charge < -0.3 is 14.2 Å². The largest absolute Gasteiger partial charge is 0.490 e. The van der Waals surface area contributed by atoms with E-state index in [2.05, 4.69) is 10.5 Å². The van der Waals surface area contributed by atoms with E-state index in [1.165, 1.54) is 13.3 Å². The molecule has 0 heterocycles. The van der Waals surface area contributed by atoms with Gasteiger partial charge in [0.2, 0.25) is 0 Å². The summed E-state index contributed by atoms with van der Waals surface area (Å²) in [6, 6.07) is 23.1. The van der Waals surface area contributed by atoms with Gasteiger partial charge in [-0.25, -0.2) is 10.2 Å². The van der Waals surface area contributed by atoms with Crippen LogP contribution in [0, 0.1) is 0 Å². The molecule has 1 N–H and O–H groups in total. The Morgan fingerprint density at radius 3 is 2.26 bits per heavy atom. The molecule has 7 nitrogen and oxygen atoms in total. The van der Waals surface area contributed by atoms with Crippen LogP contribution >= 0.6 is 0 Å². The van der Waals surface area contributed by atoms with Crippen molar-refractivity contribution in [3.63, 3.8) is 0 Å². The predicted molar refractivity (Wildman–Crippen MR) is 117 cm³/mol. The first-order valence-electron chi connectivity index (χ1n) is 9.59. The Morgan fingerprint density at radius 2 is 1.48 bits per heavy atom. The summed E-state index contributed by atoms with van der Waals surface area (Å²) in [5, 5.41) is 3.96. The minimum absolute atomic E-state index is 0.273. The highest BCUT2D eigenvalue weighted by molar-refractivity contribution is 6.00. The number of carbonyl (C=O) groups excluding carboxylic acids is 2. The number of hydrogen-bond donors (Lipinski definition) is 1. The lowest BCUT2D eigenvalue weighted by molar-refractivity contribution is 0.0600. The van der Waals surface area contributed by atoms with E-state index in [0.717, 1.165) is 5.75 Å². The number of rotatable bonds is 9. The van der Waals surface area contributed by atoms with Crippen LogP contribution in [0.3, 0.4) is 0 Å². The highest BCUT2D eigenvalue weighted by atomic mass is 16.5. The van der Waals surface area contributed by atoms with Crippen LogP contribution in [-0.4, -0.2) is 38.4 Å². The van der Waals surface area contributed by atoms with Crippen molar-refractivity contribution in [3.8, 4) is 11.5 Å². The molecule has 0 aliphatic heterocycles. The summed E-state index contributed by atoms with van der Waals surface area (Å²) < 4.78 is 16.1. The van der Waals surface area contributed by atoms with Crippen LogP contribution in [0.4, 0.5) is 0 Å². The van der Waals surface area contributed by atoms with Crippen LogP contribution in [0.5, 0.6) is 11.5 Å². The van der Waals surface area contributed by atoms with Crippen molar-refractivity contribution in [2.45, 2.75) is 0 Å². The van der Waals surface area contributed by atoms with Gasteiger partial charge in [0, 0.05) is 5.56 Å². The standard InChI is InChI=1S/C24H22N2O5/c1-29-24(28)20-12-6-5-9-18(20)17-25-26-23(27)21-13-7-8-14-22(21)31-16-15-30-19-10-3-2-4-11-19/h2-14,17H,15-16H2,1H3,(H,26,27)/b25-17-. The average Bonchev–Trinajstić information content (AvgIpc) is 2.82. The molecule has 3 aromatic carbocycles. The summed E-state index contributed by atoms with van der Waals surface area (Å²) in [7, 11) is 1.31. The summed E-state index contributed by atoms with van der Waals surface area (Å²) in [5.41, 5.74) is 3.67. The molecule has 0 aliphatic carbocycles. The van der Waals surface area contributed by atoms with Gasteiger partial charge in [-0.2, -0.15) is 5.10 Å². The Kier molecular flexibility index (Phi) is 7.77. The fourth-order valence-corrected chi connectivity index (χ4v) is 2.73. The summed E-state index contributed by atoms with van der Waals surface area (Å²) in [6.45, 7) is 0.609. The van der Waals surface area contributed by atoms with Gasteiger partial charge in [0.05, 0.1) is 24.5 Å². The molecule has 7 heteroatoms. The number of benzene rings is 3. The molecular formula is C24H22N2O5. The maximum absolute atomic E-state index is 12.6. The van der Waals surface area contributed by atoms with Crippen molar-refractivity contribution in [2.24, 2.45) is 5.10 Å². The zero-order valence-corrected chi connectivity index (χ0v) is 17.0. The van der Waals surface area contributed by atoms with Crippen molar-refractivity contribution in [1.29, 1.82) is 0 Å². The minimum Gasteiger partial charge on any atom is -0.490 e. The van der Waals surface area contributed by atoms with Crippen molar-refractivity contribution in [2.75, 3.05) is 20.3 Å². The number of hydrogen-bond acceptors (Lipinski definition) is 6. The number of methoxy groups -OCH3 is 1. The predicted octanol–water partition coefficient (Wildman–Crippen LogP) is 3.69. The van der Waals surface area contributed by atoms with E-state index in [-0.39, 0.29) is 6.61 Å². The third-order valence-corrected chi connectivity index (χ3v) is 4.22. The molecule has 3 aromatic rings. The first-order chi connectivity index (χ1) is 15.2. The molecule has 31 heavy (non-hydrogen) atoms. The summed E-state index contributed by atoms with van der Waals surface area (Å²) in [4.78, 5) is 24.4. The Bertz CT molecular complexity index is 1050. The molecule has 0 saturated carbocycles.